The van der Waals surface area contributed by atoms with Crippen LogP contribution in [0.2, 0.25) is 0 Å². The van der Waals surface area contributed by atoms with E-state index in [1.54, 1.807) is 0 Å². The molecule has 1 aliphatic rings. The molecule has 0 saturated carbocycles. The Morgan fingerprint density at radius 2 is 1.12 bits per heavy atom. The van der Waals surface area contributed by atoms with Crippen molar-refractivity contribution in [1.29, 1.82) is 0 Å². The molecule has 2 heterocycles. The summed E-state index contributed by atoms with van der Waals surface area (Å²) in [5.41, 5.74) is 14.7. The van der Waals surface area contributed by atoms with Crippen LogP contribution in [0.25, 0.3) is 83.9 Å². The van der Waals surface area contributed by atoms with E-state index in [0.29, 0.717) is 17.5 Å². The summed E-state index contributed by atoms with van der Waals surface area (Å²) >= 11 is 0. The van der Waals surface area contributed by atoms with Crippen LogP contribution in [0.15, 0.2) is 200 Å². The topological polar surface area (TPSA) is 43.6 Å². The summed E-state index contributed by atoms with van der Waals surface area (Å²) in [7, 11) is 0. The maximum absolute atomic E-state index is 5.10. The maximum Gasteiger partial charge on any atom is 0.164 e. The average Bonchev–Trinajstić information content (AvgIpc) is 3.76. The summed E-state index contributed by atoms with van der Waals surface area (Å²) in [6.07, 6.45) is 9.12. The quantitative estimate of drug-likeness (QED) is 0.145. The van der Waals surface area contributed by atoms with Crippen LogP contribution in [-0.4, -0.2) is 19.5 Å². The molecule has 0 N–H and O–H groups in total. The fraction of sp³-hybridized carbons (Fsp3) is 0.0727. The summed E-state index contributed by atoms with van der Waals surface area (Å²) in [5, 5.41) is 2.33. The zero-order valence-electron chi connectivity index (χ0n) is 33.3. The molecule has 4 heteroatoms. The molecule has 7 aromatic carbocycles. The van der Waals surface area contributed by atoms with Crippen molar-refractivity contribution in [3.8, 4) is 51.0 Å². The Bertz CT molecular complexity index is 3060. The second-order valence-corrected chi connectivity index (χ2v) is 15.7. The molecule has 0 atom stereocenters. The highest BCUT2D eigenvalue weighted by molar-refractivity contribution is 6.11. The van der Waals surface area contributed by atoms with E-state index in [4.69, 9.17) is 15.0 Å². The van der Waals surface area contributed by atoms with Crippen molar-refractivity contribution in [3.05, 3.63) is 217 Å². The van der Waals surface area contributed by atoms with Crippen molar-refractivity contribution >= 4 is 33.0 Å². The molecule has 4 nitrogen and oxygen atoms in total. The van der Waals surface area contributed by atoms with E-state index in [1.165, 1.54) is 33.2 Å². The van der Waals surface area contributed by atoms with E-state index in [0.717, 1.165) is 49.9 Å². The smallest absolute Gasteiger partial charge is 0.164 e. The Kier molecular flexibility index (Phi) is 9.03. The number of nitrogens with zero attached hydrogens (tertiary/aromatic N) is 4. The first-order chi connectivity index (χ1) is 28.9. The van der Waals surface area contributed by atoms with Gasteiger partial charge in [0.15, 0.2) is 17.5 Å². The Morgan fingerprint density at radius 1 is 0.508 bits per heavy atom. The molecule has 0 unspecified atom stereocenters. The first-order valence-electron chi connectivity index (χ1n) is 20.2. The van der Waals surface area contributed by atoms with Gasteiger partial charge in [-0.3, -0.25) is 0 Å². The lowest BCUT2D eigenvalue weighted by Gasteiger charge is -2.16. The van der Waals surface area contributed by atoms with Crippen LogP contribution >= 0.6 is 0 Å². The molecule has 59 heavy (non-hydrogen) atoms. The minimum absolute atomic E-state index is 0.0327. The number of hydrogen-bond acceptors (Lipinski definition) is 3. The van der Waals surface area contributed by atoms with E-state index in [-0.39, 0.29) is 5.41 Å². The molecule has 0 amide bonds. The molecular formula is C55H42N4. The van der Waals surface area contributed by atoms with E-state index >= 15 is 0 Å². The molecule has 10 rings (SSSR count). The van der Waals surface area contributed by atoms with Crippen LogP contribution < -0.4 is 0 Å². The number of aromatic nitrogens is 4. The lowest BCUT2D eigenvalue weighted by molar-refractivity contribution is 0.683. The molecule has 0 saturated heterocycles. The minimum Gasteiger partial charge on any atom is -0.309 e. The zero-order chi connectivity index (χ0) is 39.9. The highest BCUT2D eigenvalue weighted by atomic mass is 15.0. The summed E-state index contributed by atoms with van der Waals surface area (Å²) < 4.78 is 2.39. The monoisotopic (exact) mass is 758 g/mol. The fourth-order valence-electron chi connectivity index (χ4n) is 8.55. The molecule has 0 fully saturated rings. The molecule has 0 aliphatic heterocycles. The van der Waals surface area contributed by atoms with Crippen molar-refractivity contribution in [2.24, 2.45) is 0 Å². The van der Waals surface area contributed by atoms with Crippen molar-refractivity contribution in [2.75, 3.05) is 0 Å². The lowest BCUT2D eigenvalue weighted by atomic mass is 9.87. The summed E-state index contributed by atoms with van der Waals surface area (Å²) in [6, 6.07) is 62.0. The van der Waals surface area contributed by atoms with E-state index in [2.05, 4.69) is 165 Å². The Labute approximate surface area is 345 Å². The SMILES string of the molecule is C/C=C\C(=C/C1=CC(C)(C)c2ccccc21)c1ccc2c(c1)c1ccc(-c3nc(-c4ccccc4)nc(-c4ccccc4)n3)cc1n2-c1cccc(-c2ccccc2)c1. The number of allylic oxidation sites excluding steroid dienone is 6. The molecule has 0 bridgehead atoms. The van der Waals surface area contributed by atoms with Crippen LogP contribution in [0.4, 0.5) is 0 Å². The van der Waals surface area contributed by atoms with Gasteiger partial charge in [-0.2, -0.15) is 0 Å². The second-order valence-electron chi connectivity index (χ2n) is 15.7. The van der Waals surface area contributed by atoms with Crippen LogP contribution in [0.5, 0.6) is 0 Å². The van der Waals surface area contributed by atoms with Gasteiger partial charge in [0, 0.05) is 38.6 Å². The highest BCUT2D eigenvalue weighted by Crippen LogP contribution is 2.43. The molecule has 282 valence electrons. The van der Waals surface area contributed by atoms with Crippen LogP contribution in [0, 0.1) is 0 Å². The van der Waals surface area contributed by atoms with Crippen LogP contribution in [0.3, 0.4) is 0 Å². The average molecular weight is 759 g/mol. The van der Waals surface area contributed by atoms with Crippen molar-refractivity contribution in [2.45, 2.75) is 26.2 Å². The van der Waals surface area contributed by atoms with Gasteiger partial charge in [-0.1, -0.05) is 178 Å². The van der Waals surface area contributed by atoms with Gasteiger partial charge in [-0.15, -0.1) is 0 Å². The number of fused-ring (bicyclic) bond motifs is 4. The lowest BCUT2D eigenvalue weighted by Crippen LogP contribution is -2.10. The fourth-order valence-corrected chi connectivity index (χ4v) is 8.55. The van der Waals surface area contributed by atoms with Gasteiger partial charge in [0.05, 0.1) is 11.0 Å². The molecule has 0 spiro atoms. The Balaban J connectivity index is 1.18. The second kappa shape index (κ2) is 14.8. The van der Waals surface area contributed by atoms with Crippen LogP contribution in [0.1, 0.15) is 37.5 Å². The van der Waals surface area contributed by atoms with Gasteiger partial charge in [0.1, 0.15) is 0 Å². The van der Waals surface area contributed by atoms with Gasteiger partial charge in [0.25, 0.3) is 0 Å². The number of hydrogen-bond donors (Lipinski definition) is 0. The summed E-state index contributed by atoms with van der Waals surface area (Å²) in [6.45, 7) is 6.69. The minimum atomic E-state index is -0.0327. The third-order valence-corrected chi connectivity index (χ3v) is 11.4. The van der Waals surface area contributed by atoms with Crippen molar-refractivity contribution in [1.82, 2.24) is 19.5 Å². The standard InChI is InChI=1S/C55H42N4/c1-4-17-40(32-44-36-55(2,3)49-27-15-14-26-46(44)49)42-29-31-50-48(34-42)47-30-28-43(35-51(47)59(50)45-25-16-24-41(33-45)37-18-8-5-9-19-37)54-57-52(38-20-10-6-11-21-38)56-53(58-54)39-22-12-7-13-23-39/h4-36H,1-3H3/b17-4-,40-32+. The van der Waals surface area contributed by atoms with E-state index < -0.39 is 0 Å². The summed E-state index contributed by atoms with van der Waals surface area (Å²) in [4.78, 5) is 15.2. The maximum atomic E-state index is 5.10. The van der Waals surface area contributed by atoms with Gasteiger partial charge in [-0.05, 0) is 82.3 Å². The predicted octanol–water partition coefficient (Wildman–Crippen LogP) is 14.0. The number of rotatable bonds is 8. The van der Waals surface area contributed by atoms with Gasteiger partial charge in [0.2, 0.25) is 0 Å². The molecule has 0 radical (unpaired) electrons. The van der Waals surface area contributed by atoms with Crippen LogP contribution in [-0.2, 0) is 5.41 Å². The normalized spacial score (nSPS) is 13.6. The largest absolute Gasteiger partial charge is 0.309 e. The number of benzene rings is 7. The van der Waals surface area contributed by atoms with Gasteiger partial charge >= 0.3 is 0 Å². The molecule has 9 aromatic rings. The first-order valence-corrected chi connectivity index (χ1v) is 20.2. The molecular weight excluding hydrogens is 717 g/mol. The molecule has 1 aliphatic carbocycles. The van der Waals surface area contributed by atoms with Gasteiger partial charge < -0.3 is 4.57 Å². The Hall–Kier alpha value is -7.43. The predicted molar refractivity (Wildman–Crippen MR) is 246 cm³/mol. The zero-order valence-corrected chi connectivity index (χ0v) is 33.3. The third-order valence-electron chi connectivity index (χ3n) is 11.4. The van der Waals surface area contributed by atoms with Gasteiger partial charge in [-0.25, -0.2) is 15.0 Å². The molecule has 2 aromatic heterocycles. The first kappa shape index (κ1) is 35.9. The summed E-state index contributed by atoms with van der Waals surface area (Å²) in [5.74, 6) is 1.91. The highest BCUT2D eigenvalue weighted by Gasteiger charge is 2.28. The van der Waals surface area contributed by atoms with Crippen molar-refractivity contribution in [3.63, 3.8) is 0 Å². The van der Waals surface area contributed by atoms with E-state index in [1.807, 2.05) is 60.7 Å². The van der Waals surface area contributed by atoms with E-state index in [9.17, 15) is 0 Å². The third kappa shape index (κ3) is 6.69. The Morgan fingerprint density at radius 3 is 1.80 bits per heavy atom. The van der Waals surface area contributed by atoms with Crippen molar-refractivity contribution < 1.29 is 0 Å².